The molecule has 202 valence electrons. The van der Waals surface area contributed by atoms with Crippen molar-refractivity contribution >= 4 is 51.0 Å². The number of benzene rings is 6. The van der Waals surface area contributed by atoms with E-state index < -0.39 is 0 Å². The van der Waals surface area contributed by atoms with E-state index in [4.69, 9.17) is 0 Å². The third-order valence-corrected chi connectivity index (χ3v) is 10.5. The minimum atomic E-state index is -0.0622. The van der Waals surface area contributed by atoms with E-state index in [-0.39, 0.29) is 12.3 Å². The summed E-state index contributed by atoms with van der Waals surface area (Å²) in [4.78, 5) is 2.63. The molecule has 43 heavy (non-hydrogen) atoms. The average molecular weight is 548 g/mol. The monoisotopic (exact) mass is 548 g/mol. The van der Waals surface area contributed by atoms with Crippen molar-refractivity contribution in [2.45, 2.75) is 26.2 Å². The summed E-state index contributed by atoms with van der Waals surface area (Å²) in [6, 6.07) is 45.5. The van der Waals surface area contributed by atoms with Gasteiger partial charge >= 0.3 is 6.85 Å². The fourth-order valence-corrected chi connectivity index (χ4v) is 8.65. The molecule has 1 aliphatic carbocycles. The van der Waals surface area contributed by atoms with Crippen LogP contribution in [0.2, 0.25) is 0 Å². The van der Waals surface area contributed by atoms with Gasteiger partial charge in [-0.3, -0.25) is 0 Å². The summed E-state index contributed by atoms with van der Waals surface area (Å²) in [6.07, 6.45) is 0. The average Bonchev–Trinajstić information content (AvgIpc) is 3.51. The van der Waals surface area contributed by atoms with Crippen LogP contribution in [0, 0.1) is 6.92 Å². The van der Waals surface area contributed by atoms with E-state index in [1.807, 2.05) is 0 Å². The molecule has 0 fully saturated rings. The Morgan fingerprint density at radius 1 is 0.605 bits per heavy atom. The molecule has 2 aliphatic heterocycles. The molecule has 0 bridgehead atoms. The van der Waals surface area contributed by atoms with Crippen molar-refractivity contribution in [2.75, 3.05) is 4.81 Å². The molecular weight excluding hydrogens is 519 g/mol. The number of rotatable bonds is 1. The number of anilines is 2. The van der Waals surface area contributed by atoms with E-state index in [0.29, 0.717) is 0 Å². The van der Waals surface area contributed by atoms with Crippen molar-refractivity contribution in [1.82, 2.24) is 4.57 Å². The molecule has 0 unspecified atom stereocenters. The normalized spacial score (nSPS) is 15.0. The summed E-state index contributed by atoms with van der Waals surface area (Å²) < 4.78 is 2.55. The van der Waals surface area contributed by atoms with Gasteiger partial charge in [0, 0.05) is 38.8 Å². The van der Waals surface area contributed by atoms with E-state index >= 15 is 0 Å². The molecule has 1 aromatic heterocycles. The molecule has 3 heteroatoms. The van der Waals surface area contributed by atoms with Crippen LogP contribution in [0.1, 0.15) is 30.5 Å². The smallest absolute Gasteiger partial charge is 0.333 e. The Kier molecular flexibility index (Phi) is 4.31. The highest BCUT2D eigenvalue weighted by molar-refractivity contribution is 6.93. The molecule has 0 saturated heterocycles. The summed E-state index contributed by atoms with van der Waals surface area (Å²) >= 11 is 0. The molecule has 3 aliphatic rings. The lowest BCUT2D eigenvalue weighted by atomic mass is 9.44. The van der Waals surface area contributed by atoms with Crippen LogP contribution in [0.3, 0.4) is 0 Å². The van der Waals surface area contributed by atoms with Gasteiger partial charge in [-0.1, -0.05) is 98.8 Å². The molecule has 0 spiro atoms. The number of fused-ring (bicyclic) bond motifs is 11. The summed E-state index contributed by atoms with van der Waals surface area (Å²) in [5, 5.41) is 2.70. The topological polar surface area (TPSA) is 8.17 Å². The molecular formula is C40H29BN2. The van der Waals surface area contributed by atoms with Gasteiger partial charge in [0.2, 0.25) is 0 Å². The van der Waals surface area contributed by atoms with Crippen LogP contribution < -0.4 is 15.7 Å². The molecule has 0 N–H and O–H groups in total. The highest BCUT2D eigenvalue weighted by Crippen LogP contribution is 2.54. The lowest BCUT2D eigenvalue weighted by Gasteiger charge is -2.42. The third-order valence-electron chi connectivity index (χ3n) is 10.5. The molecule has 7 aromatic rings. The van der Waals surface area contributed by atoms with E-state index in [1.165, 1.54) is 88.7 Å². The SMILES string of the molecule is Cc1cc2c3c4c1c1ccccc1n4-c1ccccc1B3N(c1ccccc1)c1cc3c(cc1-2)C(C)(C)c1ccccc1-3. The van der Waals surface area contributed by atoms with E-state index in [2.05, 4.69) is 151 Å². The quantitative estimate of drug-likeness (QED) is 0.187. The van der Waals surface area contributed by atoms with Gasteiger partial charge < -0.3 is 9.38 Å². The van der Waals surface area contributed by atoms with Crippen LogP contribution in [0.25, 0.3) is 49.7 Å². The second kappa shape index (κ2) is 7.87. The Bertz CT molecular complexity index is 2340. The van der Waals surface area contributed by atoms with Crippen molar-refractivity contribution in [3.63, 3.8) is 0 Å². The third kappa shape index (κ3) is 2.76. The number of hydrogen-bond donors (Lipinski definition) is 0. The van der Waals surface area contributed by atoms with Crippen molar-refractivity contribution in [2.24, 2.45) is 0 Å². The van der Waals surface area contributed by atoms with Gasteiger partial charge in [-0.05, 0) is 87.6 Å². The molecule has 0 atom stereocenters. The summed E-state index contributed by atoms with van der Waals surface area (Å²) in [7, 11) is 0. The van der Waals surface area contributed by atoms with Gasteiger partial charge in [-0.2, -0.15) is 0 Å². The molecule has 3 heterocycles. The molecule has 10 rings (SSSR count). The first kappa shape index (κ1) is 23.5. The molecule has 6 aromatic carbocycles. The lowest BCUT2D eigenvalue weighted by molar-refractivity contribution is 0.660. The lowest BCUT2D eigenvalue weighted by Crippen LogP contribution is -2.60. The molecule has 0 radical (unpaired) electrons. The number of para-hydroxylation sites is 3. The van der Waals surface area contributed by atoms with Gasteiger partial charge in [0.1, 0.15) is 0 Å². The fraction of sp³-hybridized carbons (Fsp3) is 0.100. The summed E-state index contributed by atoms with van der Waals surface area (Å²) in [5.41, 5.74) is 18.7. The van der Waals surface area contributed by atoms with Gasteiger partial charge in [0.25, 0.3) is 0 Å². The van der Waals surface area contributed by atoms with E-state index in [1.54, 1.807) is 0 Å². The minimum Gasteiger partial charge on any atom is -0.376 e. The maximum absolute atomic E-state index is 2.63. The number of aromatic nitrogens is 1. The van der Waals surface area contributed by atoms with Crippen molar-refractivity contribution < 1.29 is 0 Å². The van der Waals surface area contributed by atoms with Gasteiger partial charge in [0.05, 0.1) is 11.0 Å². The zero-order valence-corrected chi connectivity index (χ0v) is 24.5. The highest BCUT2D eigenvalue weighted by atomic mass is 15.1. The summed E-state index contributed by atoms with van der Waals surface area (Å²) in [5.74, 6) is 0. The van der Waals surface area contributed by atoms with E-state index in [0.717, 1.165) is 0 Å². The standard InChI is InChI=1S/C40H29BN2/c1-24-21-30-29-22-32-28(26-15-7-9-17-31(26)40(32,2)3)23-36(29)43(25-13-5-4-6-14-25)41-33-18-10-12-20-35(33)42-34-19-11-8-16-27(34)37(24)39(42)38(30)41/h4-23H,1-3H3. The van der Waals surface area contributed by atoms with E-state index in [9.17, 15) is 0 Å². The molecule has 0 saturated carbocycles. The zero-order valence-electron chi connectivity index (χ0n) is 24.5. The predicted molar refractivity (Wildman–Crippen MR) is 182 cm³/mol. The maximum Gasteiger partial charge on any atom is 0.333 e. The summed E-state index contributed by atoms with van der Waals surface area (Å²) in [6.45, 7) is 7.14. The van der Waals surface area contributed by atoms with Gasteiger partial charge in [-0.15, -0.1) is 0 Å². The number of aryl methyl sites for hydroxylation is 1. The van der Waals surface area contributed by atoms with Crippen LogP contribution in [-0.2, 0) is 5.41 Å². The van der Waals surface area contributed by atoms with Crippen molar-refractivity contribution in [3.05, 3.63) is 138 Å². The Morgan fingerprint density at radius 2 is 1.35 bits per heavy atom. The minimum absolute atomic E-state index is 0.0590. The molecule has 0 amide bonds. The predicted octanol–water partition coefficient (Wildman–Crippen LogP) is 8.64. The first-order valence-corrected chi connectivity index (χ1v) is 15.3. The first-order valence-electron chi connectivity index (χ1n) is 15.3. The number of hydrogen-bond acceptors (Lipinski definition) is 1. The van der Waals surface area contributed by atoms with Crippen LogP contribution in [0.15, 0.2) is 121 Å². The second-order valence-corrected chi connectivity index (χ2v) is 13.0. The van der Waals surface area contributed by atoms with Crippen molar-refractivity contribution in [3.8, 4) is 27.9 Å². The molecule has 2 nitrogen and oxygen atoms in total. The Morgan fingerprint density at radius 3 is 2.23 bits per heavy atom. The fourth-order valence-electron chi connectivity index (χ4n) is 8.65. The maximum atomic E-state index is 2.63. The number of nitrogens with zero attached hydrogens (tertiary/aromatic N) is 2. The Balaban J connectivity index is 1.42. The van der Waals surface area contributed by atoms with Crippen molar-refractivity contribution in [1.29, 1.82) is 0 Å². The van der Waals surface area contributed by atoms with Crippen LogP contribution in [0.4, 0.5) is 11.4 Å². The first-order chi connectivity index (χ1) is 21.0. The van der Waals surface area contributed by atoms with Gasteiger partial charge in [0.15, 0.2) is 0 Å². The van der Waals surface area contributed by atoms with Gasteiger partial charge in [-0.25, -0.2) is 0 Å². The Hall–Kier alpha value is -5.02. The largest absolute Gasteiger partial charge is 0.376 e. The highest BCUT2D eigenvalue weighted by Gasteiger charge is 2.45. The van der Waals surface area contributed by atoms with Crippen LogP contribution in [-0.4, -0.2) is 11.4 Å². The second-order valence-electron chi connectivity index (χ2n) is 13.0. The van der Waals surface area contributed by atoms with Crippen LogP contribution in [0.5, 0.6) is 0 Å². The Labute approximate surface area is 251 Å². The van der Waals surface area contributed by atoms with Crippen LogP contribution >= 0.6 is 0 Å². The zero-order chi connectivity index (χ0) is 28.6.